The van der Waals surface area contributed by atoms with E-state index in [0.29, 0.717) is 18.2 Å². The molecule has 4 nitrogen and oxygen atoms in total. The Bertz CT molecular complexity index is 771. The molecule has 0 saturated carbocycles. The topological polar surface area (TPSA) is 57.4 Å². The van der Waals surface area contributed by atoms with Crippen molar-refractivity contribution in [2.75, 3.05) is 12.8 Å². The van der Waals surface area contributed by atoms with Gasteiger partial charge in [0.25, 0.3) is 0 Å². The average Bonchev–Trinajstić information content (AvgIpc) is 2.62. The third kappa shape index (κ3) is 3.61. The SMILES string of the molecule is COc1ccc(-c2cc(OCc3ccccc3)ccc2N)cn1. The highest BCUT2D eigenvalue weighted by Crippen LogP contribution is 2.30. The van der Waals surface area contributed by atoms with Gasteiger partial charge in [-0.05, 0) is 29.8 Å². The first-order valence-electron chi connectivity index (χ1n) is 7.33. The van der Waals surface area contributed by atoms with Crippen molar-refractivity contribution < 1.29 is 9.47 Å². The second-order valence-electron chi connectivity index (χ2n) is 5.11. The van der Waals surface area contributed by atoms with Gasteiger partial charge < -0.3 is 15.2 Å². The van der Waals surface area contributed by atoms with Crippen LogP contribution < -0.4 is 15.2 Å². The van der Waals surface area contributed by atoms with Crippen LogP contribution in [0.5, 0.6) is 11.6 Å². The van der Waals surface area contributed by atoms with E-state index in [4.69, 9.17) is 15.2 Å². The summed E-state index contributed by atoms with van der Waals surface area (Å²) in [6, 6.07) is 19.4. The number of ether oxygens (including phenoxy) is 2. The van der Waals surface area contributed by atoms with Crippen molar-refractivity contribution in [1.82, 2.24) is 4.98 Å². The molecule has 2 N–H and O–H groups in total. The monoisotopic (exact) mass is 306 g/mol. The number of rotatable bonds is 5. The van der Waals surface area contributed by atoms with Gasteiger partial charge in [-0.1, -0.05) is 30.3 Å². The molecule has 0 spiro atoms. The zero-order chi connectivity index (χ0) is 16.1. The maximum atomic E-state index is 6.08. The van der Waals surface area contributed by atoms with Gasteiger partial charge in [0.1, 0.15) is 12.4 Å². The van der Waals surface area contributed by atoms with E-state index >= 15 is 0 Å². The lowest BCUT2D eigenvalue weighted by molar-refractivity contribution is 0.306. The summed E-state index contributed by atoms with van der Waals surface area (Å²) in [7, 11) is 1.59. The van der Waals surface area contributed by atoms with Crippen molar-refractivity contribution in [3.8, 4) is 22.8 Å². The molecule has 0 amide bonds. The van der Waals surface area contributed by atoms with Crippen LogP contribution in [0.2, 0.25) is 0 Å². The lowest BCUT2D eigenvalue weighted by atomic mass is 10.1. The predicted octanol–water partition coefficient (Wildman–Crippen LogP) is 3.92. The molecule has 2 aromatic carbocycles. The summed E-state index contributed by atoms with van der Waals surface area (Å²) in [6.07, 6.45) is 1.74. The largest absolute Gasteiger partial charge is 0.489 e. The average molecular weight is 306 g/mol. The highest BCUT2D eigenvalue weighted by atomic mass is 16.5. The minimum Gasteiger partial charge on any atom is -0.489 e. The van der Waals surface area contributed by atoms with Crippen LogP contribution in [0.1, 0.15) is 5.56 Å². The van der Waals surface area contributed by atoms with Gasteiger partial charge >= 0.3 is 0 Å². The molecule has 0 bridgehead atoms. The highest BCUT2D eigenvalue weighted by molar-refractivity contribution is 5.77. The molecule has 0 aliphatic carbocycles. The van der Waals surface area contributed by atoms with Crippen LogP contribution in [0.4, 0.5) is 5.69 Å². The number of nitrogens with zero attached hydrogens (tertiary/aromatic N) is 1. The van der Waals surface area contributed by atoms with Gasteiger partial charge in [-0.3, -0.25) is 0 Å². The number of anilines is 1. The van der Waals surface area contributed by atoms with Gasteiger partial charge in [0.05, 0.1) is 7.11 Å². The fraction of sp³-hybridized carbons (Fsp3) is 0.105. The number of benzene rings is 2. The number of nitrogens with two attached hydrogens (primary N) is 1. The summed E-state index contributed by atoms with van der Waals surface area (Å²) in [5.74, 6) is 1.35. The molecule has 0 saturated heterocycles. The number of hydrogen-bond donors (Lipinski definition) is 1. The predicted molar refractivity (Wildman–Crippen MR) is 91.4 cm³/mol. The number of nitrogen functional groups attached to an aromatic ring is 1. The molecule has 4 heteroatoms. The number of aromatic nitrogens is 1. The smallest absolute Gasteiger partial charge is 0.212 e. The van der Waals surface area contributed by atoms with Crippen LogP contribution in [0, 0.1) is 0 Å². The quantitative estimate of drug-likeness (QED) is 0.726. The molecule has 1 heterocycles. The maximum absolute atomic E-state index is 6.08. The Labute approximate surface area is 135 Å². The maximum Gasteiger partial charge on any atom is 0.212 e. The van der Waals surface area contributed by atoms with Gasteiger partial charge in [-0.25, -0.2) is 4.98 Å². The van der Waals surface area contributed by atoms with E-state index in [2.05, 4.69) is 4.98 Å². The lowest BCUT2D eigenvalue weighted by Gasteiger charge is -2.11. The van der Waals surface area contributed by atoms with Crippen molar-refractivity contribution >= 4 is 5.69 Å². The number of pyridine rings is 1. The van der Waals surface area contributed by atoms with E-state index in [1.807, 2.05) is 60.7 Å². The molecule has 116 valence electrons. The number of hydrogen-bond acceptors (Lipinski definition) is 4. The lowest BCUT2D eigenvalue weighted by Crippen LogP contribution is -1.97. The second kappa shape index (κ2) is 6.83. The minimum absolute atomic E-state index is 0.519. The van der Waals surface area contributed by atoms with Crippen LogP contribution in [0.25, 0.3) is 11.1 Å². The summed E-state index contributed by atoms with van der Waals surface area (Å²) >= 11 is 0. The Morgan fingerprint density at radius 1 is 1.00 bits per heavy atom. The molecule has 0 aliphatic rings. The van der Waals surface area contributed by atoms with E-state index in [1.165, 1.54) is 0 Å². The Kier molecular flexibility index (Phi) is 4.43. The summed E-state index contributed by atoms with van der Waals surface area (Å²) in [5, 5.41) is 0. The molecular formula is C19H18N2O2. The van der Waals surface area contributed by atoms with E-state index < -0.39 is 0 Å². The van der Waals surface area contributed by atoms with Crippen LogP contribution in [-0.4, -0.2) is 12.1 Å². The second-order valence-corrected chi connectivity index (χ2v) is 5.11. The molecule has 0 fully saturated rings. The molecule has 0 unspecified atom stereocenters. The van der Waals surface area contributed by atoms with Crippen LogP contribution >= 0.6 is 0 Å². The Morgan fingerprint density at radius 3 is 2.52 bits per heavy atom. The Balaban J connectivity index is 1.81. The standard InChI is InChI=1S/C19H18N2O2/c1-22-19-10-7-15(12-21-19)17-11-16(8-9-18(17)20)23-13-14-5-3-2-4-6-14/h2-12H,13,20H2,1H3. The highest BCUT2D eigenvalue weighted by Gasteiger charge is 2.06. The van der Waals surface area contributed by atoms with Gasteiger partial charge in [-0.2, -0.15) is 0 Å². The van der Waals surface area contributed by atoms with Crippen molar-refractivity contribution in [1.29, 1.82) is 0 Å². The van der Waals surface area contributed by atoms with Gasteiger partial charge in [0.15, 0.2) is 0 Å². The van der Waals surface area contributed by atoms with Gasteiger partial charge in [-0.15, -0.1) is 0 Å². The Morgan fingerprint density at radius 2 is 1.83 bits per heavy atom. The first-order valence-corrected chi connectivity index (χ1v) is 7.33. The minimum atomic E-state index is 0.519. The summed E-state index contributed by atoms with van der Waals surface area (Å²) in [5.41, 5.74) is 9.71. The van der Waals surface area contributed by atoms with Crippen LogP contribution in [-0.2, 0) is 6.61 Å². The third-order valence-corrected chi connectivity index (χ3v) is 3.53. The van der Waals surface area contributed by atoms with Crippen molar-refractivity contribution in [2.45, 2.75) is 6.61 Å². The van der Waals surface area contributed by atoms with E-state index in [0.717, 1.165) is 22.4 Å². The fourth-order valence-corrected chi connectivity index (χ4v) is 2.28. The van der Waals surface area contributed by atoms with Gasteiger partial charge in [0, 0.05) is 29.1 Å². The molecule has 23 heavy (non-hydrogen) atoms. The third-order valence-electron chi connectivity index (χ3n) is 3.53. The zero-order valence-corrected chi connectivity index (χ0v) is 12.9. The van der Waals surface area contributed by atoms with Crippen molar-refractivity contribution in [3.05, 3.63) is 72.4 Å². The summed E-state index contributed by atoms with van der Waals surface area (Å²) < 4.78 is 10.9. The first kappa shape index (κ1) is 14.9. The van der Waals surface area contributed by atoms with E-state index in [-0.39, 0.29) is 0 Å². The van der Waals surface area contributed by atoms with E-state index in [9.17, 15) is 0 Å². The van der Waals surface area contributed by atoms with Crippen LogP contribution in [0.3, 0.4) is 0 Å². The molecule has 0 radical (unpaired) electrons. The molecule has 0 aliphatic heterocycles. The summed E-state index contributed by atoms with van der Waals surface area (Å²) in [4.78, 5) is 4.22. The molecule has 1 aromatic heterocycles. The Hall–Kier alpha value is -3.01. The van der Waals surface area contributed by atoms with Gasteiger partial charge in [0.2, 0.25) is 5.88 Å². The fourth-order valence-electron chi connectivity index (χ4n) is 2.28. The number of methoxy groups -OCH3 is 1. The van der Waals surface area contributed by atoms with Crippen LogP contribution in [0.15, 0.2) is 66.9 Å². The zero-order valence-electron chi connectivity index (χ0n) is 12.9. The normalized spacial score (nSPS) is 10.3. The van der Waals surface area contributed by atoms with Crippen molar-refractivity contribution in [2.24, 2.45) is 0 Å². The molecule has 3 rings (SSSR count). The van der Waals surface area contributed by atoms with E-state index in [1.54, 1.807) is 13.3 Å². The molecular weight excluding hydrogens is 288 g/mol. The van der Waals surface area contributed by atoms with Crippen molar-refractivity contribution in [3.63, 3.8) is 0 Å². The molecule has 3 aromatic rings. The molecule has 0 atom stereocenters. The summed E-state index contributed by atoms with van der Waals surface area (Å²) in [6.45, 7) is 0.519. The first-order chi connectivity index (χ1) is 11.3.